The number of carbonyl (C=O) groups is 2. The Hall–Kier alpha value is -3.82. The van der Waals surface area contributed by atoms with Crippen LogP contribution in [0.15, 0.2) is 59.3 Å². The van der Waals surface area contributed by atoms with Crippen LogP contribution < -0.4 is 10.6 Å². The molecule has 0 aromatic heterocycles. The largest absolute Gasteiger partial charge is 0.466 e. The Labute approximate surface area is 180 Å². The van der Waals surface area contributed by atoms with Gasteiger partial charge in [-0.25, -0.2) is 27.2 Å². The number of anilines is 2. The standard InChI is InChI=1S/C22H18F4N2O4/c1-31-21(29)11-9-18(28-20-15(25)7-4-8-16(20)26)12(22(30)32-2)10-17(11)27-19-13(23)5-3-6-14(19)24/h3-9,17,27-28H,10H2,1-2H3. The molecule has 1 atom stereocenters. The number of hydrogen-bond acceptors (Lipinski definition) is 6. The monoisotopic (exact) mass is 450 g/mol. The van der Waals surface area contributed by atoms with E-state index in [1.165, 1.54) is 6.07 Å². The maximum atomic E-state index is 14.2. The summed E-state index contributed by atoms with van der Waals surface area (Å²) in [5.41, 5.74) is -1.46. The van der Waals surface area contributed by atoms with Gasteiger partial charge in [0.05, 0.1) is 31.4 Å². The lowest BCUT2D eigenvalue weighted by Crippen LogP contribution is -2.34. The van der Waals surface area contributed by atoms with Gasteiger partial charge >= 0.3 is 11.9 Å². The molecular weight excluding hydrogens is 432 g/mol. The first-order chi connectivity index (χ1) is 15.3. The molecule has 0 saturated carbocycles. The highest BCUT2D eigenvalue weighted by molar-refractivity contribution is 5.97. The summed E-state index contributed by atoms with van der Waals surface area (Å²) in [6.45, 7) is 0. The molecular formula is C22H18F4N2O4. The van der Waals surface area contributed by atoms with Crippen LogP contribution in [0.4, 0.5) is 28.9 Å². The summed E-state index contributed by atoms with van der Waals surface area (Å²) < 4.78 is 66.1. The summed E-state index contributed by atoms with van der Waals surface area (Å²) in [5.74, 6) is -5.47. The summed E-state index contributed by atoms with van der Waals surface area (Å²) in [6.07, 6.45) is 0.809. The lowest BCUT2D eigenvalue weighted by atomic mass is 9.90. The Kier molecular flexibility index (Phi) is 6.82. The third-order valence-corrected chi connectivity index (χ3v) is 4.77. The number of ether oxygens (including phenoxy) is 2. The van der Waals surface area contributed by atoms with Gasteiger partial charge in [-0.1, -0.05) is 12.1 Å². The van der Waals surface area contributed by atoms with E-state index in [0.29, 0.717) is 0 Å². The molecule has 0 aliphatic heterocycles. The van der Waals surface area contributed by atoms with Crippen molar-refractivity contribution >= 4 is 23.3 Å². The predicted molar refractivity (Wildman–Crippen MR) is 108 cm³/mol. The molecule has 6 nitrogen and oxygen atoms in total. The fourth-order valence-corrected chi connectivity index (χ4v) is 3.20. The second-order valence-electron chi connectivity index (χ2n) is 6.69. The molecule has 0 spiro atoms. The zero-order valence-corrected chi connectivity index (χ0v) is 17.0. The van der Waals surface area contributed by atoms with Gasteiger partial charge in [0.25, 0.3) is 0 Å². The number of nitrogens with one attached hydrogen (secondary N) is 2. The lowest BCUT2D eigenvalue weighted by molar-refractivity contribution is -0.138. The van der Waals surface area contributed by atoms with Crippen LogP contribution in [0.5, 0.6) is 0 Å². The number of allylic oxidation sites excluding steroid dienone is 1. The molecule has 2 aromatic rings. The summed E-state index contributed by atoms with van der Waals surface area (Å²) >= 11 is 0. The number of halogens is 4. The second-order valence-corrected chi connectivity index (χ2v) is 6.69. The number of esters is 2. The summed E-state index contributed by atoms with van der Waals surface area (Å²) in [4.78, 5) is 24.8. The average Bonchev–Trinajstić information content (AvgIpc) is 2.78. The molecule has 3 rings (SSSR count). The predicted octanol–water partition coefficient (Wildman–Crippen LogP) is 4.07. The van der Waals surface area contributed by atoms with Crippen molar-refractivity contribution < 1.29 is 36.6 Å². The van der Waals surface area contributed by atoms with Crippen molar-refractivity contribution in [1.82, 2.24) is 0 Å². The van der Waals surface area contributed by atoms with E-state index in [0.717, 1.165) is 50.6 Å². The van der Waals surface area contributed by atoms with E-state index in [4.69, 9.17) is 9.47 Å². The Balaban J connectivity index is 2.08. The molecule has 1 aliphatic rings. The topological polar surface area (TPSA) is 76.7 Å². The maximum Gasteiger partial charge on any atom is 0.335 e. The van der Waals surface area contributed by atoms with Gasteiger partial charge in [0.15, 0.2) is 0 Å². The number of benzene rings is 2. The number of rotatable bonds is 6. The molecule has 0 saturated heterocycles. The number of para-hydroxylation sites is 2. The van der Waals surface area contributed by atoms with E-state index in [1.807, 2.05) is 0 Å². The molecule has 2 aromatic carbocycles. The molecule has 0 fully saturated rings. The Bertz CT molecular complexity index is 1090. The number of methoxy groups -OCH3 is 2. The van der Waals surface area contributed by atoms with Crippen molar-refractivity contribution in [3.8, 4) is 0 Å². The number of hydrogen-bond donors (Lipinski definition) is 2. The van der Waals surface area contributed by atoms with Crippen molar-refractivity contribution in [1.29, 1.82) is 0 Å². The van der Waals surface area contributed by atoms with Gasteiger partial charge < -0.3 is 20.1 Å². The van der Waals surface area contributed by atoms with Gasteiger partial charge in [-0.2, -0.15) is 0 Å². The van der Waals surface area contributed by atoms with Crippen LogP contribution in [0.1, 0.15) is 6.42 Å². The van der Waals surface area contributed by atoms with E-state index in [2.05, 4.69) is 10.6 Å². The third-order valence-electron chi connectivity index (χ3n) is 4.77. The Morgan fingerprint density at radius 2 is 1.34 bits per heavy atom. The highest BCUT2D eigenvalue weighted by Gasteiger charge is 2.33. The minimum Gasteiger partial charge on any atom is -0.466 e. The zero-order chi connectivity index (χ0) is 23.4. The van der Waals surface area contributed by atoms with Crippen LogP contribution in [-0.2, 0) is 19.1 Å². The molecule has 0 amide bonds. The Morgan fingerprint density at radius 1 is 0.844 bits per heavy atom. The van der Waals surface area contributed by atoms with Crippen LogP contribution in [0, 0.1) is 23.3 Å². The smallest absolute Gasteiger partial charge is 0.335 e. The first-order valence-corrected chi connectivity index (χ1v) is 9.29. The van der Waals surface area contributed by atoms with E-state index >= 15 is 0 Å². The summed E-state index contributed by atoms with van der Waals surface area (Å²) in [5, 5.41) is 5.03. The molecule has 168 valence electrons. The molecule has 0 bridgehead atoms. The maximum absolute atomic E-state index is 14.2. The van der Waals surface area contributed by atoms with E-state index in [9.17, 15) is 27.2 Å². The molecule has 0 radical (unpaired) electrons. The van der Waals surface area contributed by atoms with Crippen molar-refractivity contribution in [2.45, 2.75) is 12.5 Å². The van der Waals surface area contributed by atoms with E-state index in [-0.39, 0.29) is 23.3 Å². The van der Waals surface area contributed by atoms with Crippen LogP contribution in [0.3, 0.4) is 0 Å². The highest BCUT2D eigenvalue weighted by atomic mass is 19.1. The van der Waals surface area contributed by atoms with Crippen molar-refractivity contribution in [3.05, 3.63) is 82.6 Å². The first kappa shape index (κ1) is 22.9. The van der Waals surface area contributed by atoms with Crippen molar-refractivity contribution in [2.75, 3.05) is 24.9 Å². The number of carbonyl (C=O) groups excluding carboxylic acids is 2. The summed E-state index contributed by atoms with van der Waals surface area (Å²) in [6, 6.07) is 5.25. The fraction of sp³-hybridized carbons (Fsp3) is 0.182. The van der Waals surface area contributed by atoms with Gasteiger partial charge in [0, 0.05) is 12.1 Å². The molecule has 32 heavy (non-hydrogen) atoms. The quantitative estimate of drug-likeness (QED) is 0.511. The van der Waals surface area contributed by atoms with Crippen molar-refractivity contribution in [2.24, 2.45) is 0 Å². The first-order valence-electron chi connectivity index (χ1n) is 9.29. The average molecular weight is 450 g/mol. The van der Waals surface area contributed by atoms with Gasteiger partial charge in [-0.05, 0) is 30.3 Å². The van der Waals surface area contributed by atoms with Gasteiger partial charge in [0.1, 0.15) is 34.6 Å². The van der Waals surface area contributed by atoms with E-state index in [1.54, 1.807) is 0 Å². The van der Waals surface area contributed by atoms with Crippen LogP contribution in [-0.4, -0.2) is 32.2 Å². The SMILES string of the molecule is COC(=O)C1=CC(Nc2c(F)cccc2F)=C(C(=O)OC)CC1Nc1c(F)cccc1F. The van der Waals surface area contributed by atoms with Gasteiger partial charge in [-0.15, -0.1) is 0 Å². The molecule has 2 N–H and O–H groups in total. The summed E-state index contributed by atoms with van der Waals surface area (Å²) in [7, 11) is 2.18. The van der Waals surface area contributed by atoms with Crippen molar-refractivity contribution in [3.63, 3.8) is 0 Å². The van der Waals surface area contributed by atoms with Crippen LogP contribution in [0.25, 0.3) is 0 Å². The normalized spacial score (nSPS) is 15.7. The molecule has 10 heteroatoms. The third kappa shape index (κ3) is 4.58. The highest BCUT2D eigenvalue weighted by Crippen LogP contribution is 2.32. The second kappa shape index (κ2) is 9.54. The Morgan fingerprint density at radius 3 is 1.84 bits per heavy atom. The van der Waals surface area contributed by atoms with Crippen LogP contribution >= 0.6 is 0 Å². The lowest BCUT2D eigenvalue weighted by Gasteiger charge is -2.28. The van der Waals surface area contributed by atoms with Gasteiger partial charge in [-0.3, -0.25) is 0 Å². The molecule has 1 aliphatic carbocycles. The van der Waals surface area contributed by atoms with Gasteiger partial charge in [0.2, 0.25) is 0 Å². The van der Waals surface area contributed by atoms with Crippen LogP contribution in [0.2, 0.25) is 0 Å². The molecule has 0 heterocycles. The minimum atomic E-state index is -1.11. The van der Waals surface area contributed by atoms with E-state index < -0.39 is 52.6 Å². The fourth-order valence-electron chi connectivity index (χ4n) is 3.20. The zero-order valence-electron chi connectivity index (χ0n) is 17.0. The minimum absolute atomic E-state index is 0.114. The molecule has 1 unspecified atom stereocenters.